The molecule has 0 atom stereocenters. The maximum atomic E-state index is 10.8. The Hall–Kier alpha value is -1.75. The van der Waals surface area contributed by atoms with Crippen LogP contribution < -0.4 is 0 Å². The first-order chi connectivity index (χ1) is 7.58. The molecule has 0 aliphatic rings. The molecule has 0 aliphatic heterocycles. The molecule has 2 rings (SSSR count). The Balaban J connectivity index is 2.27. The number of nitrogens with zero attached hydrogens (tertiary/aromatic N) is 2. The summed E-state index contributed by atoms with van der Waals surface area (Å²) in [5.74, 6) is -0.662. The van der Waals surface area contributed by atoms with Crippen molar-refractivity contribution >= 4 is 17.6 Å². The molecule has 0 aromatic carbocycles. The van der Waals surface area contributed by atoms with Gasteiger partial charge in [0.1, 0.15) is 11.3 Å². The van der Waals surface area contributed by atoms with Gasteiger partial charge < -0.3 is 9.52 Å². The van der Waals surface area contributed by atoms with Gasteiger partial charge >= 0.3 is 5.97 Å². The summed E-state index contributed by atoms with van der Waals surface area (Å²) in [7, 11) is 0. The topological polar surface area (TPSA) is 68.3 Å². The molecule has 16 heavy (non-hydrogen) atoms. The quantitative estimate of drug-likeness (QED) is 0.893. The van der Waals surface area contributed by atoms with Crippen molar-refractivity contribution in [3.05, 3.63) is 40.6 Å². The third-order valence-corrected chi connectivity index (χ3v) is 2.54. The highest BCUT2D eigenvalue weighted by Crippen LogP contribution is 2.16. The van der Waals surface area contributed by atoms with Crippen LogP contribution in [-0.2, 0) is 6.54 Å². The number of aromatic carboxylic acids is 1. The molecule has 1 N–H and O–H groups in total. The van der Waals surface area contributed by atoms with Gasteiger partial charge in [-0.05, 0) is 13.0 Å². The van der Waals surface area contributed by atoms with E-state index in [9.17, 15) is 4.79 Å². The van der Waals surface area contributed by atoms with Crippen LogP contribution in [0.3, 0.4) is 0 Å². The van der Waals surface area contributed by atoms with Gasteiger partial charge in [0.25, 0.3) is 0 Å². The molecule has 0 bridgehead atoms. The van der Waals surface area contributed by atoms with Gasteiger partial charge in [-0.2, -0.15) is 5.10 Å². The maximum Gasteiger partial charge on any atom is 0.339 e. The van der Waals surface area contributed by atoms with Crippen LogP contribution in [0, 0.1) is 6.92 Å². The van der Waals surface area contributed by atoms with Crippen LogP contribution in [0.4, 0.5) is 0 Å². The third kappa shape index (κ3) is 1.94. The summed E-state index contributed by atoms with van der Waals surface area (Å²) in [4.78, 5) is 10.8. The number of hydrogen-bond donors (Lipinski definition) is 1. The van der Waals surface area contributed by atoms with Crippen molar-refractivity contribution in [1.82, 2.24) is 9.78 Å². The van der Waals surface area contributed by atoms with Gasteiger partial charge in [-0.25, -0.2) is 4.79 Å². The van der Waals surface area contributed by atoms with Gasteiger partial charge in [0.15, 0.2) is 0 Å². The average molecular weight is 241 g/mol. The molecule has 0 spiro atoms. The monoisotopic (exact) mass is 240 g/mol. The normalized spacial score (nSPS) is 10.6. The molecule has 6 heteroatoms. The number of carboxylic acids is 1. The van der Waals surface area contributed by atoms with E-state index in [1.165, 1.54) is 12.3 Å². The number of hydrogen-bond acceptors (Lipinski definition) is 3. The molecule has 0 aliphatic carbocycles. The van der Waals surface area contributed by atoms with E-state index < -0.39 is 5.97 Å². The van der Waals surface area contributed by atoms with E-state index in [0.717, 1.165) is 0 Å². The Morgan fingerprint density at radius 2 is 2.44 bits per heavy atom. The molecule has 0 saturated heterocycles. The Bertz CT molecular complexity index is 510. The Morgan fingerprint density at radius 1 is 1.69 bits per heavy atom. The lowest BCUT2D eigenvalue weighted by Crippen LogP contribution is -2.05. The van der Waals surface area contributed by atoms with Crippen LogP contribution in [0.1, 0.15) is 21.8 Å². The molecule has 2 aromatic rings. The molecular formula is C10H9ClN2O3. The van der Waals surface area contributed by atoms with Crippen molar-refractivity contribution in [3.63, 3.8) is 0 Å². The third-order valence-electron chi connectivity index (χ3n) is 2.17. The Labute approximate surface area is 96.2 Å². The van der Waals surface area contributed by atoms with Crippen LogP contribution in [0.5, 0.6) is 0 Å². The number of aromatic nitrogens is 2. The van der Waals surface area contributed by atoms with Crippen molar-refractivity contribution in [1.29, 1.82) is 0 Å². The molecule has 0 amide bonds. The molecule has 5 nitrogen and oxygen atoms in total. The van der Waals surface area contributed by atoms with Crippen molar-refractivity contribution < 1.29 is 14.3 Å². The fourth-order valence-electron chi connectivity index (χ4n) is 1.38. The fourth-order valence-corrected chi connectivity index (χ4v) is 1.53. The fraction of sp³-hybridized carbons (Fsp3) is 0.200. The summed E-state index contributed by atoms with van der Waals surface area (Å²) in [5.41, 5.74) is 0.842. The van der Waals surface area contributed by atoms with Crippen molar-refractivity contribution in [2.45, 2.75) is 13.5 Å². The predicted octanol–water partition coefficient (Wildman–Crippen LogP) is 2.18. The zero-order valence-electron chi connectivity index (χ0n) is 8.48. The average Bonchev–Trinajstić information content (AvgIpc) is 2.75. The predicted molar refractivity (Wildman–Crippen MR) is 56.7 cm³/mol. The van der Waals surface area contributed by atoms with Crippen LogP contribution in [-0.4, -0.2) is 20.9 Å². The van der Waals surface area contributed by atoms with E-state index in [1.54, 1.807) is 17.8 Å². The second-order valence-corrected chi connectivity index (χ2v) is 3.73. The standard InChI is InChI=1S/C10H9ClN2O3/c1-6-8(11)4-13(12-6)5-9-7(10(14)15)2-3-16-9/h2-4H,5H2,1H3,(H,14,15). The van der Waals surface area contributed by atoms with Gasteiger partial charge in [0.05, 0.1) is 23.5 Å². The van der Waals surface area contributed by atoms with Gasteiger partial charge in [-0.15, -0.1) is 0 Å². The largest absolute Gasteiger partial charge is 0.478 e. The van der Waals surface area contributed by atoms with E-state index >= 15 is 0 Å². The second-order valence-electron chi connectivity index (χ2n) is 3.32. The van der Waals surface area contributed by atoms with Gasteiger partial charge in [-0.3, -0.25) is 4.68 Å². The lowest BCUT2D eigenvalue weighted by Gasteiger charge is -1.99. The van der Waals surface area contributed by atoms with Crippen LogP contribution in [0.2, 0.25) is 5.02 Å². The molecule has 0 radical (unpaired) electrons. The van der Waals surface area contributed by atoms with Crippen LogP contribution in [0.15, 0.2) is 22.9 Å². The van der Waals surface area contributed by atoms with Gasteiger partial charge in [-0.1, -0.05) is 11.6 Å². The summed E-state index contributed by atoms with van der Waals surface area (Å²) in [6.07, 6.45) is 2.97. The summed E-state index contributed by atoms with van der Waals surface area (Å²) in [5, 5.41) is 13.5. The van der Waals surface area contributed by atoms with Gasteiger partial charge in [0, 0.05) is 6.20 Å². The first-order valence-corrected chi connectivity index (χ1v) is 4.95. The van der Waals surface area contributed by atoms with E-state index in [-0.39, 0.29) is 12.1 Å². The number of furan rings is 1. The first kappa shape index (κ1) is 10.8. The zero-order chi connectivity index (χ0) is 11.7. The lowest BCUT2D eigenvalue weighted by molar-refractivity contribution is 0.0694. The number of carbonyl (C=O) groups is 1. The lowest BCUT2D eigenvalue weighted by atomic mass is 10.2. The van der Waals surface area contributed by atoms with E-state index in [1.807, 2.05) is 0 Å². The van der Waals surface area contributed by atoms with E-state index in [4.69, 9.17) is 21.1 Å². The first-order valence-electron chi connectivity index (χ1n) is 4.57. The van der Waals surface area contributed by atoms with Crippen molar-refractivity contribution in [2.75, 3.05) is 0 Å². The molecule has 0 saturated carbocycles. The minimum Gasteiger partial charge on any atom is -0.478 e. The van der Waals surface area contributed by atoms with Crippen LogP contribution >= 0.6 is 11.6 Å². The number of rotatable bonds is 3. The highest BCUT2D eigenvalue weighted by molar-refractivity contribution is 6.31. The Kier molecular flexibility index (Phi) is 2.70. The van der Waals surface area contributed by atoms with E-state index in [0.29, 0.717) is 16.5 Å². The van der Waals surface area contributed by atoms with E-state index in [2.05, 4.69) is 5.10 Å². The maximum absolute atomic E-state index is 10.8. The van der Waals surface area contributed by atoms with Crippen molar-refractivity contribution in [2.24, 2.45) is 0 Å². The smallest absolute Gasteiger partial charge is 0.339 e. The summed E-state index contributed by atoms with van der Waals surface area (Å²) in [6.45, 7) is 2.03. The Morgan fingerprint density at radius 3 is 3.00 bits per heavy atom. The molecule has 2 aromatic heterocycles. The number of halogens is 1. The number of carboxylic acid groups (broad SMARTS) is 1. The minimum atomic E-state index is -1.02. The molecule has 0 fully saturated rings. The zero-order valence-corrected chi connectivity index (χ0v) is 9.23. The highest BCUT2D eigenvalue weighted by atomic mass is 35.5. The number of aryl methyl sites for hydroxylation is 1. The highest BCUT2D eigenvalue weighted by Gasteiger charge is 2.14. The molecule has 84 valence electrons. The van der Waals surface area contributed by atoms with Crippen molar-refractivity contribution in [3.8, 4) is 0 Å². The van der Waals surface area contributed by atoms with Crippen LogP contribution in [0.25, 0.3) is 0 Å². The summed E-state index contributed by atoms with van der Waals surface area (Å²) in [6, 6.07) is 1.41. The summed E-state index contributed by atoms with van der Waals surface area (Å²) >= 11 is 5.84. The summed E-state index contributed by atoms with van der Waals surface area (Å²) < 4.78 is 6.64. The SMILES string of the molecule is Cc1nn(Cc2occc2C(=O)O)cc1Cl. The van der Waals surface area contributed by atoms with Gasteiger partial charge in [0.2, 0.25) is 0 Å². The molecule has 0 unspecified atom stereocenters. The molecule has 2 heterocycles. The second kappa shape index (κ2) is 4.02. The molecular weight excluding hydrogens is 232 g/mol. The minimum absolute atomic E-state index is 0.143.